The summed E-state index contributed by atoms with van der Waals surface area (Å²) in [6, 6.07) is -0.206. The highest BCUT2D eigenvalue weighted by molar-refractivity contribution is 14.1. The van der Waals surface area contributed by atoms with Gasteiger partial charge in [0, 0.05) is 44.0 Å². The Hall–Kier alpha value is -3.87. The third-order valence-corrected chi connectivity index (χ3v) is 20.4. The molecule has 492 valence electrons. The lowest BCUT2D eigenvalue weighted by Gasteiger charge is -2.45. The molecule has 10 N–H and O–H groups in total. The Morgan fingerprint density at radius 1 is 0.932 bits per heavy atom. The van der Waals surface area contributed by atoms with Crippen molar-refractivity contribution in [3.8, 4) is 29.1 Å². The number of Topliss-reactive ketones (excluding diaryl/α,β-unsaturated/α-hetero) is 1. The Bertz CT molecular complexity index is 2770. The van der Waals surface area contributed by atoms with Crippen molar-refractivity contribution in [3.05, 3.63) is 49.8 Å². The predicted molar refractivity (Wildman–Crippen MR) is 330 cm³/mol. The fraction of sp³-hybridized carbons (Fsp3) is 0.667. The minimum absolute atomic E-state index is 0.0151. The van der Waals surface area contributed by atoms with Gasteiger partial charge in [0.25, 0.3) is 0 Å². The van der Waals surface area contributed by atoms with Crippen LogP contribution in [0, 0.1) is 28.3 Å². The average molecular weight is 1410 g/mol. The molecular weight excluding hydrogens is 1330 g/mol. The number of aliphatic hydroxyl groups excluding tert-OH is 4. The lowest BCUT2D eigenvalue weighted by molar-refractivity contribution is -0.326. The number of aliphatic carboxylic acids is 1. The molecule has 0 aromatic heterocycles. The van der Waals surface area contributed by atoms with Gasteiger partial charge in [0.15, 0.2) is 29.9 Å². The molecule has 4 saturated heterocycles. The molecule has 0 saturated carbocycles. The Kier molecular flexibility index (Phi) is 28.0. The molecule has 5 aliphatic rings. The van der Waals surface area contributed by atoms with Gasteiger partial charge in [-0.15, -0.1) is 0 Å². The molecule has 0 bridgehead atoms. The summed E-state index contributed by atoms with van der Waals surface area (Å²) in [5, 5.41) is 74.8. The quantitative estimate of drug-likeness (QED) is 0.0137. The molecule has 4 heterocycles. The van der Waals surface area contributed by atoms with Crippen molar-refractivity contribution in [2.24, 2.45) is 16.8 Å². The first-order chi connectivity index (χ1) is 41.8. The number of nitrogens with two attached hydrogens (primary N) is 1. The van der Waals surface area contributed by atoms with E-state index in [1.807, 2.05) is 29.5 Å². The molecule has 1 aromatic rings. The van der Waals surface area contributed by atoms with Crippen molar-refractivity contribution in [2.75, 3.05) is 54.5 Å². The molecule has 1 amide bonds. The lowest BCUT2D eigenvalue weighted by Crippen LogP contribution is -2.59. The number of aliphatic hydroxyl groups is 5. The van der Waals surface area contributed by atoms with Crippen LogP contribution in [0.3, 0.4) is 0 Å². The largest absolute Gasteiger partial charge is 0.492 e. The molecule has 31 heteroatoms. The third kappa shape index (κ3) is 17.6. The molecule has 2 unspecified atom stereocenters. The number of methoxy groups -OCH3 is 5. The summed E-state index contributed by atoms with van der Waals surface area (Å²) in [6.07, 6.45) is -13.2. The Morgan fingerprint density at radius 2 is 1.64 bits per heavy atom. The summed E-state index contributed by atoms with van der Waals surface area (Å²) in [6.45, 7) is 12.5. The van der Waals surface area contributed by atoms with Crippen LogP contribution in [0.2, 0.25) is 0 Å². The zero-order valence-electron chi connectivity index (χ0n) is 50.8. The van der Waals surface area contributed by atoms with E-state index in [1.54, 1.807) is 47.8 Å². The summed E-state index contributed by atoms with van der Waals surface area (Å²) >= 11 is 2.80. The maximum Gasteiger partial charge on any atom is 0.411 e. The number of amides is 1. The van der Waals surface area contributed by atoms with E-state index >= 15 is 0 Å². The molecule has 4 aliphatic heterocycles. The second kappa shape index (κ2) is 33.6. The number of alkyl carbamates (subject to hydrolysis) is 1. The van der Waals surface area contributed by atoms with Gasteiger partial charge < -0.3 is 97.6 Å². The molecule has 0 spiro atoms. The summed E-state index contributed by atoms with van der Waals surface area (Å²) < 4.78 is 72.1. The highest BCUT2D eigenvalue weighted by atomic mass is 127. The number of nitrogens with zero attached hydrogens (tertiary/aromatic N) is 1. The van der Waals surface area contributed by atoms with E-state index in [1.165, 1.54) is 46.6 Å². The Labute approximate surface area is 536 Å². The summed E-state index contributed by atoms with van der Waals surface area (Å²) in [5.41, 5.74) is 4.01. The van der Waals surface area contributed by atoms with E-state index in [-0.39, 0.29) is 70.9 Å². The van der Waals surface area contributed by atoms with Gasteiger partial charge in [-0.2, -0.15) is 0 Å². The molecule has 0 radical (unpaired) electrons. The van der Waals surface area contributed by atoms with Crippen LogP contribution >= 0.6 is 55.9 Å². The first kappa shape index (κ1) is 73.2. The van der Waals surface area contributed by atoms with Gasteiger partial charge in [-0.3, -0.25) is 25.4 Å². The van der Waals surface area contributed by atoms with E-state index in [4.69, 9.17) is 67.4 Å². The number of hydrogen-bond donors (Lipinski definition) is 9. The third-order valence-electron chi connectivity index (χ3n) is 15.1. The van der Waals surface area contributed by atoms with Crippen molar-refractivity contribution in [1.82, 2.24) is 10.6 Å². The van der Waals surface area contributed by atoms with E-state index in [0.717, 1.165) is 40.5 Å². The molecule has 1 aliphatic carbocycles. The number of likely N-dealkylation sites (N-methyl/N-ethyl adjacent to an activating group) is 1. The number of ketones is 1. The molecule has 1 aromatic carbocycles. The van der Waals surface area contributed by atoms with Crippen LogP contribution in [0.15, 0.2) is 40.2 Å². The van der Waals surface area contributed by atoms with Crippen LogP contribution in [-0.2, 0) is 57.1 Å². The van der Waals surface area contributed by atoms with Crippen molar-refractivity contribution >= 4 is 85.1 Å². The topological polar surface area (TPSA) is 372 Å². The normalized spacial score (nSPS) is 34.0. The Morgan fingerprint density at radius 3 is 2.26 bits per heavy atom. The SMILES string of the molecule is C/C=C\C#C[C@H](O[C@@H]1O[C@H](C)C(/C=N/O[C@H]2C[C@H](O)[C@H](SC(=O)c3c(C)c(I)c(O[C@@H]4O[C@@H](C)[C@H](O)[C@@H](OC)[C@H]4O)c(OC)c3OC)[C@@H](C)O2)[C@H](O)[C@H]1O[C@H]1C[C@H](OC)[C@@H](NCC)CO1)C1=C(NC(=O)OC)C(=O)C[C@](N)(O)/C1=C/CSSC(C)C(=O)O. The number of carboxylic acid groups (broad SMARTS) is 1. The van der Waals surface area contributed by atoms with E-state index in [9.17, 15) is 49.8 Å². The average Bonchev–Trinajstić information content (AvgIpc) is 0.897. The zero-order chi connectivity index (χ0) is 64.9. The number of allylic oxidation sites excluding steroid dienone is 3. The standard InChI is InChI=1S/C57H81IN4O23S3/c1-13-15-16-17-35(40-31(18-19-86-88-29(7)52(68)69)57(59,72)22-34(64)42(40)62-56(71)77-12)82-55-49(83-37-21-36(73-8)32(24-78-37)60-14-2)44(66)30(26(4)80-55)23-61-85-38-20-33(63)51(28(6)79-38)87-53(70)39-25(3)41(58)47(50(76-11)46(39)74-9)84-54-45(67)48(75-10)43(65)27(5)81-54/h13,15,18,23,26-30,32-33,35-38,43-45,48-49,51,54-55,60,63,65-67,72H,14,19-22,24,59H2,1-12H3,(H,62,71)(H,68,69)/b15-13-,31-18+,61-23+/t26-,27+,28-,29?,30?,32+,33+,35+,36+,37+,38+,43+,44+,45-,48-,49-,51-,54+,55+,57+/m1/s1. The minimum atomic E-state index is -2.37. The van der Waals surface area contributed by atoms with Crippen LogP contribution in [-0.4, -0.2) is 229 Å². The smallest absolute Gasteiger partial charge is 0.411 e. The molecule has 27 nitrogen and oxygen atoms in total. The maximum atomic E-state index is 14.4. The van der Waals surface area contributed by atoms with E-state index in [2.05, 4.69) is 27.6 Å². The van der Waals surface area contributed by atoms with Gasteiger partial charge in [-0.25, -0.2) is 4.79 Å². The van der Waals surface area contributed by atoms with Crippen LogP contribution in [0.1, 0.15) is 76.7 Å². The van der Waals surface area contributed by atoms with Gasteiger partial charge in [0.1, 0.15) is 41.5 Å². The number of hydrogen-bond acceptors (Lipinski definition) is 28. The summed E-state index contributed by atoms with van der Waals surface area (Å²) in [7, 11) is 8.84. The molecule has 88 heavy (non-hydrogen) atoms. The first-order valence-electron chi connectivity index (χ1n) is 28.2. The number of carbonyl (C=O) groups is 4. The van der Waals surface area contributed by atoms with Crippen molar-refractivity contribution in [1.29, 1.82) is 0 Å². The Balaban J connectivity index is 1.25. The van der Waals surface area contributed by atoms with E-state index in [0.29, 0.717) is 15.7 Å². The molecule has 20 atom stereocenters. The number of carbonyl (C=O) groups excluding carboxylic acids is 3. The number of ether oxygens (including phenoxy) is 12. The van der Waals surface area contributed by atoms with Crippen LogP contribution in [0.4, 0.5) is 4.79 Å². The molecular formula is C57H81IN4O23S3. The van der Waals surface area contributed by atoms with Crippen molar-refractivity contribution in [3.63, 3.8) is 0 Å². The van der Waals surface area contributed by atoms with Gasteiger partial charge >= 0.3 is 12.1 Å². The fourth-order valence-corrected chi connectivity index (χ4v) is 14.1. The number of benzene rings is 1. The van der Waals surface area contributed by atoms with Crippen LogP contribution in [0.25, 0.3) is 0 Å². The summed E-state index contributed by atoms with van der Waals surface area (Å²) in [5.74, 6) is 3.08. The van der Waals surface area contributed by atoms with Gasteiger partial charge in [-0.1, -0.05) is 69.4 Å². The van der Waals surface area contributed by atoms with Crippen LogP contribution in [0.5, 0.6) is 17.2 Å². The van der Waals surface area contributed by atoms with Crippen molar-refractivity contribution < 1.29 is 111 Å². The number of halogens is 1. The van der Waals surface area contributed by atoms with Gasteiger partial charge in [-0.05, 0) is 82.3 Å². The number of nitrogens with one attached hydrogen (secondary N) is 2. The minimum Gasteiger partial charge on any atom is -0.492 e. The van der Waals surface area contributed by atoms with Gasteiger partial charge in [0.2, 0.25) is 23.4 Å². The number of carboxylic acids is 1. The monoisotopic (exact) mass is 1410 g/mol. The van der Waals surface area contributed by atoms with E-state index < -0.39 is 144 Å². The number of thioether (sulfide) groups is 1. The number of rotatable bonds is 24. The van der Waals surface area contributed by atoms with Gasteiger partial charge in [0.05, 0.1) is 109 Å². The molecule has 4 fully saturated rings. The second-order valence-electron chi connectivity index (χ2n) is 21.1. The first-order valence-corrected chi connectivity index (χ1v) is 32.5. The maximum absolute atomic E-state index is 14.4. The van der Waals surface area contributed by atoms with Crippen molar-refractivity contribution in [2.45, 2.75) is 182 Å². The zero-order valence-corrected chi connectivity index (χ0v) is 55.4. The second-order valence-corrected chi connectivity index (χ2v) is 26.0. The number of oxime groups is 1. The lowest BCUT2D eigenvalue weighted by atomic mass is 9.80. The fourth-order valence-electron chi connectivity index (χ4n) is 10.4. The van der Waals surface area contributed by atoms with Crippen LogP contribution < -0.4 is 30.6 Å². The highest BCUT2D eigenvalue weighted by Gasteiger charge is 2.51. The predicted octanol–water partition coefficient (Wildman–Crippen LogP) is 3.04. The highest BCUT2D eigenvalue weighted by Crippen LogP contribution is 2.49. The summed E-state index contributed by atoms with van der Waals surface area (Å²) in [4.78, 5) is 58.7. The molecule has 6 rings (SSSR count).